The predicted molar refractivity (Wildman–Crippen MR) is 89.6 cm³/mol. The van der Waals surface area contributed by atoms with E-state index in [0.717, 1.165) is 36.6 Å². The first-order chi connectivity index (χ1) is 10.5. The van der Waals surface area contributed by atoms with Gasteiger partial charge in [0.25, 0.3) is 5.91 Å². The third-order valence-electron chi connectivity index (χ3n) is 4.69. The number of hydrogen-bond donors (Lipinski definition) is 0. The van der Waals surface area contributed by atoms with Crippen LogP contribution < -0.4 is 0 Å². The van der Waals surface area contributed by atoms with Gasteiger partial charge in [0.15, 0.2) is 9.84 Å². The van der Waals surface area contributed by atoms with Crippen LogP contribution in [0.3, 0.4) is 0 Å². The quantitative estimate of drug-likeness (QED) is 0.803. The standard InChI is InChI=1S/C16H20BrNO3S/c17-13-6-4-5-12(9-13)16(19)18-10-15(11-18)22(20,21)14-7-2-1-3-8-14/h4-6,9,14-15H,1-3,7-8,10-11H2. The maximum absolute atomic E-state index is 12.6. The van der Waals surface area contributed by atoms with Gasteiger partial charge in [0.1, 0.15) is 0 Å². The molecule has 0 bridgehead atoms. The Morgan fingerprint density at radius 3 is 2.41 bits per heavy atom. The second-order valence-electron chi connectivity index (χ2n) is 6.19. The SMILES string of the molecule is O=C(c1cccc(Br)c1)N1CC(S(=O)(=O)C2CCCCC2)C1. The van der Waals surface area contributed by atoms with Crippen molar-refractivity contribution in [3.05, 3.63) is 34.3 Å². The van der Waals surface area contributed by atoms with Gasteiger partial charge >= 0.3 is 0 Å². The van der Waals surface area contributed by atoms with Crippen LogP contribution in [0.25, 0.3) is 0 Å². The highest BCUT2D eigenvalue weighted by Gasteiger charge is 2.43. The number of halogens is 1. The molecule has 1 aliphatic carbocycles. The molecule has 1 saturated carbocycles. The molecule has 1 aromatic carbocycles. The molecule has 120 valence electrons. The molecule has 3 rings (SSSR count). The zero-order valence-corrected chi connectivity index (χ0v) is 14.8. The lowest BCUT2D eigenvalue weighted by Gasteiger charge is -2.40. The van der Waals surface area contributed by atoms with Crippen molar-refractivity contribution in [2.45, 2.75) is 42.6 Å². The van der Waals surface area contributed by atoms with E-state index in [2.05, 4.69) is 15.9 Å². The summed E-state index contributed by atoms with van der Waals surface area (Å²) in [5.74, 6) is -0.0867. The Morgan fingerprint density at radius 1 is 1.09 bits per heavy atom. The van der Waals surface area contributed by atoms with Crippen molar-refractivity contribution in [3.8, 4) is 0 Å². The van der Waals surface area contributed by atoms with Crippen molar-refractivity contribution in [3.63, 3.8) is 0 Å². The molecule has 1 aliphatic heterocycles. The van der Waals surface area contributed by atoms with E-state index in [4.69, 9.17) is 0 Å². The van der Waals surface area contributed by atoms with E-state index in [1.807, 2.05) is 12.1 Å². The molecule has 0 aromatic heterocycles. The highest BCUT2D eigenvalue weighted by molar-refractivity contribution is 9.10. The monoisotopic (exact) mass is 385 g/mol. The summed E-state index contributed by atoms with van der Waals surface area (Å²) in [6, 6.07) is 7.21. The van der Waals surface area contributed by atoms with E-state index < -0.39 is 9.84 Å². The van der Waals surface area contributed by atoms with E-state index >= 15 is 0 Å². The second-order valence-corrected chi connectivity index (χ2v) is 9.62. The van der Waals surface area contributed by atoms with Gasteiger partial charge in [-0.05, 0) is 31.0 Å². The molecule has 6 heteroatoms. The molecular formula is C16H20BrNO3S. The largest absolute Gasteiger partial charge is 0.336 e. The van der Waals surface area contributed by atoms with Crippen molar-refractivity contribution < 1.29 is 13.2 Å². The Balaban J connectivity index is 1.62. The summed E-state index contributed by atoms with van der Waals surface area (Å²) in [5, 5.41) is -0.555. The maximum Gasteiger partial charge on any atom is 0.253 e. The number of sulfone groups is 1. The van der Waals surface area contributed by atoms with Crippen LogP contribution in [-0.2, 0) is 9.84 Å². The summed E-state index contributed by atoms with van der Waals surface area (Å²) in [6.45, 7) is 0.675. The van der Waals surface area contributed by atoms with E-state index in [9.17, 15) is 13.2 Å². The topological polar surface area (TPSA) is 54.5 Å². The molecule has 2 aliphatic rings. The van der Waals surface area contributed by atoms with E-state index in [1.165, 1.54) is 0 Å². The molecule has 0 radical (unpaired) electrons. The number of carbonyl (C=O) groups is 1. The summed E-state index contributed by atoms with van der Waals surface area (Å²) in [5.41, 5.74) is 0.600. The third kappa shape index (κ3) is 3.08. The van der Waals surface area contributed by atoms with Gasteiger partial charge in [-0.3, -0.25) is 4.79 Å². The highest BCUT2D eigenvalue weighted by Crippen LogP contribution is 2.30. The summed E-state index contributed by atoms with van der Waals surface area (Å²) in [7, 11) is -3.09. The Labute approximate surface area is 139 Å². The molecule has 0 spiro atoms. The van der Waals surface area contributed by atoms with E-state index in [0.29, 0.717) is 18.7 Å². The first-order valence-corrected chi connectivity index (χ1v) is 10.2. The van der Waals surface area contributed by atoms with Gasteiger partial charge in [-0.2, -0.15) is 0 Å². The number of nitrogens with zero attached hydrogens (tertiary/aromatic N) is 1. The first-order valence-electron chi connectivity index (χ1n) is 7.76. The smallest absolute Gasteiger partial charge is 0.253 e. The van der Waals surface area contributed by atoms with Crippen LogP contribution in [0.4, 0.5) is 0 Å². The lowest BCUT2D eigenvalue weighted by molar-refractivity contribution is 0.0658. The van der Waals surface area contributed by atoms with Crippen LogP contribution >= 0.6 is 15.9 Å². The van der Waals surface area contributed by atoms with Crippen LogP contribution in [0.1, 0.15) is 42.5 Å². The molecule has 1 saturated heterocycles. The maximum atomic E-state index is 12.6. The number of carbonyl (C=O) groups excluding carboxylic acids is 1. The van der Waals surface area contributed by atoms with Gasteiger partial charge in [-0.25, -0.2) is 8.42 Å². The number of benzene rings is 1. The normalized spacial score (nSPS) is 20.7. The Morgan fingerprint density at radius 2 is 1.77 bits per heavy atom. The molecule has 22 heavy (non-hydrogen) atoms. The molecule has 0 atom stereocenters. The zero-order chi connectivity index (χ0) is 15.7. The number of hydrogen-bond acceptors (Lipinski definition) is 3. The van der Waals surface area contributed by atoms with Crippen molar-refractivity contribution in [2.75, 3.05) is 13.1 Å². The minimum Gasteiger partial charge on any atom is -0.336 e. The number of rotatable bonds is 3. The second kappa shape index (κ2) is 6.32. The zero-order valence-electron chi connectivity index (χ0n) is 12.4. The van der Waals surface area contributed by atoms with Crippen molar-refractivity contribution in [2.24, 2.45) is 0 Å². The van der Waals surface area contributed by atoms with Crippen LogP contribution in [0.2, 0.25) is 0 Å². The number of amides is 1. The molecular weight excluding hydrogens is 366 g/mol. The molecule has 2 fully saturated rings. The van der Waals surface area contributed by atoms with E-state index in [-0.39, 0.29) is 16.4 Å². The lowest BCUT2D eigenvalue weighted by Crippen LogP contribution is -2.58. The number of likely N-dealkylation sites (tertiary alicyclic amines) is 1. The van der Waals surface area contributed by atoms with Gasteiger partial charge in [-0.15, -0.1) is 0 Å². The average molecular weight is 386 g/mol. The lowest BCUT2D eigenvalue weighted by atomic mass is 10.0. The first kappa shape index (κ1) is 16.0. The Hall–Kier alpha value is -0.880. The molecule has 1 heterocycles. The molecule has 0 N–H and O–H groups in total. The van der Waals surface area contributed by atoms with Gasteiger partial charge < -0.3 is 4.90 Å². The Bertz CT molecular complexity index is 662. The van der Waals surface area contributed by atoms with E-state index in [1.54, 1.807) is 17.0 Å². The summed E-state index contributed by atoms with van der Waals surface area (Å²) in [4.78, 5) is 14.0. The van der Waals surface area contributed by atoms with Crippen LogP contribution in [0.15, 0.2) is 28.7 Å². The van der Waals surface area contributed by atoms with Crippen LogP contribution in [-0.4, -0.2) is 42.8 Å². The summed E-state index contributed by atoms with van der Waals surface area (Å²) >= 11 is 3.35. The third-order valence-corrected chi connectivity index (χ3v) is 7.81. The van der Waals surface area contributed by atoms with Gasteiger partial charge in [0, 0.05) is 23.1 Å². The minimum atomic E-state index is -3.09. The fraction of sp³-hybridized carbons (Fsp3) is 0.562. The van der Waals surface area contributed by atoms with Crippen molar-refractivity contribution in [1.82, 2.24) is 4.90 Å². The summed E-state index contributed by atoms with van der Waals surface area (Å²) in [6.07, 6.45) is 4.75. The van der Waals surface area contributed by atoms with Crippen molar-refractivity contribution >= 4 is 31.7 Å². The van der Waals surface area contributed by atoms with Crippen LogP contribution in [0, 0.1) is 0 Å². The van der Waals surface area contributed by atoms with Gasteiger partial charge in [0.2, 0.25) is 0 Å². The summed E-state index contributed by atoms with van der Waals surface area (Å²) < 4.78 is 26.0. The molecule has 4 nitrogen and oxygen atoms in total. The van der Waals surface area contributed by atoms with Gasteiger partial charge in [0.05, 0.1) is 10.5 Å². The predicted octanol–water partition coefficient (Wildman–Crippen LogP) is 3.02. The van der Waals surface area contributed by atoms with Crippen LogP contribution in [0.5, 0.6) is 0 Å². The molecule has 1 aromatic rings. The Kier molecular flexibility index (Phi) is 4.59. The highest BCUT2D eigenvalue weighted by atomic mass is 79.9. The van der Waals surface area contributed by atoms with Gasteiger partial charge in [-0.1, -0.05) is 41.3 Å². The molecule has 1 amide bonds. The minimum absolute atomic E-state index is 0.0867. The average Bonchev–Trinajstić information content (AvgIpc) is 2.46. The fourth-order valence-corrected chi connectivity index (χ4v) is 5.99. The molecule has 0 unspecified atom stereocenters. The fourth-order valence-electron chi connectivity index (χ4n) is 3.28. The van der Waals surface area contributed by atoms with Crippen molar-refractivity contribution in [1.29, 1.82) is 0 Å².